The molecule has 128 valence electrons. The zero-order valence-corrected chi connectivity index (χ0v) is 12.9. The molecule has 3 rings (SSSR count). The van der Waals surface area contributed by atoms with Crippen LogP contribution in [0.25, 0.3) is 0 Å². The summed E-state index contributed by atoms with van der Waals surface area (Å²) in [5.74, 6) is 0.115. The molecule has 1 amide bonds. The number of amides is 1. The molecule has 0 spiro atoms. The summed E-state index contributed by atoms with van der Waals surface area (Å²) in [6, 6.07) is 6.87. The number of hydrogen-bond donors (Lipinski definition) is 1. The lowest BCUT2D eigenvalue weighted by atomic mass is 9.88. The fourth-order valence-electron chi connectivity index (χ4n) is 2.47. The summed E-state index contributed by atoms with van der Waals surface area (Å²) in [7, 11) is 0. The van der Waals surface area contributed by atoms with Gasteiger partial charge in [0, 0.05) is 6.07 Å². The maximum Gasteiger partial charge on any atom is 0.416 e. The summed E-state index contributed by atoms with van der Waals surface area (Å²) in [4.78, 5) is 12.2. The molecule has 1 aromatic heterocycles. The van der Waals surface area contributed by atoms with Crippen molar-refractivity contribution in [1.29, 1.82) is 0 Å². The Morgan fingerprint density at radius 1 is 1.33 bits per heavy atom. The topological polar surface area (TPSA) is 56.2 Å². The van der Waals surface area contributed by atoms with E-state index in [1.807, 2.05) is 0 Å². The molecule has 1 N–H and O–H groups in total. The minimum atomic E-state index is -4.44. The molecule has 1 saturated heterocycles. The van der Waals surface area contributed by atoms with Crippen LogP contribution in [0.15, 0.2) is 36.5 Å². The third kappa shape index (κ3) is 3.14. The van der Waals surface area contributed by atoms with E-state index < -0.39 is 17.2 Å². The van der Waals surface area contributed by atoms with E-state index in [0.717, 1.165) is 6.07 Å². The molecule has 2 aromatic rings. The highest BCUT2D eigenvalue weighted by Gasteiger charge is 2.41. The Bertz CT molecular complexity index is 751. The highest BCUT2D eigenvalue weighted by Crippen LogP contribution is 2.33. The van der Waals surface area contributed by atoms with E-state index in [-0.39, 0.29) is 18.0 Å². The summed E-state index contributed by atoms with van der Waals surface area (Å²) >= 11 is 0. The molecule has 5 nitrogen and oxygen atoms in total. The van der Waals surface area contributed by atoms with Gasteiger partial charge in [-0.3, -0.25) is 4.79 Å². The van der Waals surface area contributed by atoms with Crippen molar-refractivity contribution in [1.82, 2.24) is 9.78 Å². The molecule has 2 heterocycles. The molecule has 24 heavy (non-hydrogen) atoms. The Kier molecular flexibility index (Phi) is 4.08. The molecule has 0 radical (unpaired) electrons. The normalized spacial score (nSPS) is 16.5. The molecule has 0 aliphatic carbocycles. The number of alkyl halides is 3. The van der Waals surface area contributed by atoms with E-state index >= 15 is 0 Å². The Morgan fingerprint density at radius 2 is 2.04 bits per heavy atom. The second kappa shape index (κ2) is 5.94. The Labute approximate surface area is 136 Å². The van der Waals surface area contributed by atoms with E-state index in [0.29, 0.717) is 19.0 Å². The third-order valence-corrected chi connectivity index (χ3v) is 3.99. The first kappa shape index (κ1) is 16.5. The molecule has 1 fully saturated rings. The van der Waals surface area contributed by atoms with E-state index in [4.69, 9.17) is 4.74 Å². The number of nitrogens with one attached hydrogen (secondary N) is 1. The van der Waals surface area contributed by atoms with Crippen LogP contribution in [0.4, 0.5) is 19.0 Å². The van der Waals surface area contributed by atoms with Gasteiger partial charge in [0.2, 0.25) is 5.91 Å². The average Bonchev–Trinajstić information content (AvgIpc) is 2.91. The molecule has 0 unspecified atom stereocenters. The van der Waals surface area contributed by atoms with Crippen LogP contribution in [-0.2, 0) is 22.3 Å². The molecular weight excluding hydrogens is 323 g/mol. The fraction of sp³-hybridized carbons (Fsp3) is 0.375. The number of ether oxygens (including phenoxy) is 1. The lowest BCUT2D eigenvalue weighted by Gasteiger charge is -2.36. The van der Waals surface area contributed by atoms with Gasteiger partial charge in [-0.25, -0.2) is 4.68 Å². The number of nitrogens with zero attached hydrogens (tertiary/aromatic N) is 2. The highest BCUT2D eigenvalue weighted by atomic mass is 19.4. The predicted molar refractivity (Wildman–Crippen MR) is 80.3 cm³/mol. The number of anilines is 1. The van der Waals surface area contributed by atoms with E-state index in [9.17, 15) is 18.0 Å². The van der Waals surface area contributed by atoms with Crippen LogP contribution in [0.5, 0.6) is 0 Å². The Balaban J connectivity index is 1.81. The first-order valence-electron chi connectivity index (χ1n) is 7.36. The molecular formula is C16H16F3N3O2. The van der Waals surface area contributed by atoms with Crippen molar-refractivity contribution in [2.24, 2.45) is 5.41 Å². The monoisotopic (exact) mass is 339 g/mol. The zero-order valence-electron chi connectivity index (χ0n) is 12.9. The van der Waals surface area contributed by atoms with Crippen molar-refractivity contribution >= 4 is 11.7 Å². The highest BCUT2D eigenvalue weighted by molar-refractivity contribution is 5.95. The van der Waals surface area contributed by atoms with Crippen LogP contribution in [0, 0.1) is 5.41 Å². The van der Waals surface area contributed by atoms with Crippen molar-refractivity contribution in [2.75, 3.05) is 18.5 Å². The van der Waals surface area contributed by atoms with Crippen LogP contribution in [-0.4, -0.2) is 28.9 Å². The first-order chi connectivity index (χ1) is 11.3. The quantitative estimate of drug-likeness (QED) is 0.932. The van der Waals surface area contributed by atoms with E-state index in [1.54, 1.807) is 19.1 Å². The van der Waals surface area contributed by atoms with Crippen LogP contribution >= 0.6 is 0 Å². The molecule has 1 aliphatic heterocycles. The Hall–Kier alpha value is -2.35. The number of carbonyl (C=O) groups is 1. The van der Waals surface area contributed by atoms with Gasteiger partial charge in [-0.15, -0.1) is 0 Å². The number of carbonyl (C=O) groups excluding carboxylic acids is 1. The van der Waals surface area contributed by atoms with Crippen molar-refractivity contribution in [3.05, 3.63) is 47.7 Å². The van der Waals surface area contributed by atoms with E-state index in [2.05, 4.69) is 10.4 Å². The predicted octanol–water partition coefficient (Wildman–Crippen LogP) is 2.93. The maximum atomic E-state index is 13.1. The molecule has 1 aromatic carbocycles. The van der Waals surface area contributed by atoms with Crippen molar-refractivity contribution in [3.63, 3.8) is 0 Å². The first-order valence-corrected chi connectivity index (χ1v) is 7.36. The second-order valence-electron chi connectivity index (χ2n) is 6.04. The maximum absolute atomic E-state index is 13.1. The number of rotatable bonds is 4. The largest absolute Gasteiger partial charge is 0.416 e. The lowest BCUT2D eigenvalue weighted by Crippen LogP contribution is -2.49. The van der Waals surface area contributed by atoms with Crippen LogP contribution in [0.1, 0.15) is 18.1 Å². The summed E-state index contributed by atoms with van der Waals surface area (Å²) in [5.41, 5.74) is -1.24. The van der Waals surface area contributed by atoms with Crippen molar-refractivity contribution < 1.29 is 22.7 Å². The molecule has 0 bridgehead atoms. The summed E-state index contributed by atoms with van der Waals surface area (Å²) < 4.78 is 45.6. The molecule has 8 heteroatoms. The molecule has 0 atom stereocenters. The van der Waals surface area contributed by atoms with Gasteiger partial charge in [-0.05, 0) is 18.6 Å². The lowest BCUT2D eigenvalue weighted by molar-refractivity contribution is -0.152. The molecule has 0 saturated carbocycles. The van der Waals surface area contributed by atoms with E-state index in [1.165, 1.54) is 23.0 Å². The van der Waals surface area contributed by atoms with Crippen LogP contribution < -0.4 is 5.32 Å². The van der Waals surface area contributed by atoms with Crippen molar-refractivity contribution in [2.45, 2.75) is 19.6 Å². The van der Waals surface area contributed by atoms with Gasteiger partial charge in [0.25, 0.3) is 0 Å². The minimum absolute atomic E-state index is 0.0855. The minimum Gasteiger partial charge on any atom is -0.379 e. The van der Waals surface area contributed by atoms with Crippen LogP contribution in [0.3, 0.4) is 0 Å². The van der Waals surface area contributed by atoms with Gasteiger partial charge >= 0.3 is 6.18 Å². The summed E-state index contributed by atoms with van der Waals surface area (Å²) in [5, 5.41) is 6.73. The van der Waals surface area contributed by atoms with Gasteiger partial charge in [-0.1, -0.05) is 18.2 Å². The SMILES string of the molecule is CC1(C(=O)Nc2ccnn2Cc2ccccc2C(F)(F)F)COC1. The Morgan fingerprint density at radius 3 is 2.67 bits per heavy atom. The number of benzene rings is 1. The van der Waals surface area contributed by atoms with Gasteiger partial charge in [0.05, 0.1) is 36.9 Å². The third-order valence-electron chi connectivity index (χ3n) is 3.99. The van der Waals surface area contributed by atoms with Crippen molar-refractivity contribution in [3.8, 4) is 0 Å². The van der Waals surface area contributed by atoms with Gasteiger partial charge in [-0.2, -0.15) is 18.3 Å². The van der Waals surface area contributed by atoms with Gasteiger partial charge in [0.1, 0.15) is 5.82 Å². The smallest absolute Gasteiger partial charge is 0.379 e. The number of hydrogen-bond acceptors (Lipinski definition) is 3. The fourth-order valence-corrected chi connectivity index (χ4v) is 2.47. The summed E-state index contributed by atoms with van der Waals surface area (Å²) in [6.45, 7) is 2.32. The average molecular weight is 339 g/mol. The summed E-state index contributed by atoms with van der Waals surface area (Å²) in [6.07, 6.45) is -3.00. The molecule has 1 aliphatic rings. The zero-order chi connectivity index (χ0) is 17.4. The second-order valence-corrected chi connectivity index (χ2v) is 6.04. The van der Waals surface area contributed by atoms with Gasteiger partial charge < -0.3 is 10.1 Å². The van der Waals surface area contributed by atoms with Crippen LogP contribution in [0.2, 0.25) is 0 Å². The standard InChI is InChI=1S/C16H16F3N3O2/c1-15(9-24-10-15)14(23)21-13-6-7-20-22(13)8-11-4-2-3-5-12(11)16(17,18)19/h2-7H,8-10H2,1H3,(H,21,23). The van der Waals surface area contributed by atoms with Gasteiger partial charge in [0.15, 0.2) is 0 Å². The number of halogens is 3. The number of aromatic nitrogens is 2.